The number of aryl methyl sites for hydroxylation is 2. The molecule has 6 rings (SSSR count). The van der Waals surface area contributed by atoms with Crippen molar-refractivity contribution in [2.24, 2.45) is 7.05 Å². The molecule has 2 aromatic carbocycles. The first-order valence-corrected chi connectivity index (χ1v) is 13.8. The van der Waals surface area contributed by atoms with Gasteiger partial charge in [0.2, 0.25) is 0 Å². The van der Waals surface area contributed by atoms with E-state index >= 15 is 0 Å². The van der Waals surface area contributed by atoms with E-state index in [1.807, 2.05) is 61.7 Å². The molecule has 3 aromatic heterocycles. The number of piperidine rings is 1. The predicted molar refractivity (Wildman–Crippen MR) is 158 cm³/mol. The lowest BCUT2D eigenvalue weighted by molar-refractivity contribution is 0.0497. The highest BCUT2D eigenvalue weighted by Gasteiger charge is 2.24. The molecule has 206 valence electrons. The van der Waals surface area contributed by atoms with Gasteiger partial charge in [-0.3, -0.25) is 4.68 Å². The summed E-state index contributed by atoms with van der Waals surface area (Å²) in [7, 11) is 1.94. The number of fused-ring (bicyclic) bond motifs is 2. The van der Waals surface area contributed by atoms with Crippen LogP contribution in [0.5, 0.6) is 0 Å². The number of aromatic nitrogens is 5. The molecule has 1 saturated heterocycles. The van der Waals surface area contributed by atoms with Gasteiger partial charge in [-0.25, -0.2) is 14.5 Å². The molecular weight excluding hydrogens is 502 g/mol. The number of hydrogen-bond donors (Lipinski definition) is 1. The Morgan fingerprint density at radius 1 is 1.00 bits per heavy atom. The molecule has 0 radical (unpaired) electrons. The van der Waals surface area contributed by atoms with Crippen LogP contribution in [0.1, 0.15) is 39.2 Å². The zero-order valence-corrected chi connectivity index (χ0v) is 23.7. The van der Waals surface area contributed by atoms with Gasteiger partial charge in [0, 0.05) is 48.7 Å². The molecule has 1 aliphatic heterocycles. The molecule has 0 spiro atoms. The number of rotatable bonds is 4. The smallest absolute Gasteiger partial charge is 0.407 e. The summed E-state index contributed by atoms with van der Waals surface area (Å²) in [6.45, 7) is 9.37. The third kappa shape index (κ3) is 4.99. The van der Waals surface area contributed by atoms with Crippen LogP contribution in [0.3, 0.4) is 0 Å². The third-order valence-electron chi connectivity index (χ3n) is 7.34. The number of ether oxygens (including phenoxy) is 1. The molecule has 1 fully saturated rings. The Kier molecular flexibility index (Phi) is 6.44. The van der Waals surface area contributed by atoms with Crippen molar-refractivity contribution in [1.29, 1.82) is 0 Å². The molecule has 0 bridgehead atoms. The quantitative estimate of drug-likeness (QED) is 0.313. The lowest BCUT2D eigenvalue weighted by Gasteiger charge is -2.33. The van der Waals surface area contributed by atoms with Gasteiger partial charge in [-0.1, -0.05) is 30.3 Å². The highest BCUT2D eigenvalue weighted by molar-refractivity contribution is 6.03. The number of hydrogen-bond acceptors (Lipinski definition) is 6. The van der Waals surface area contributed by atoms with Gasteiger partial charge >= 0.3 is 6.09 Å². The summed E-state index contributed by atoms with van der Waals surface area (Å²) in [5.41, 5.74) is 5.58. The van der Waals surface area contributed by atoms with Gasteiger partial charge in [0.25, 0.3) is 0 Å². The number of para-hydroxylation sites is 1. The van der Waals surface area contributed by atoms with E-state index in [-0.39, 0.29) is 12.1 Å². The Morgan fingerprint density at radius 3 is 2.50 bits per heavy atom. The van der Waals surface area contributed by atoms with Crippen molar-refractivity contribution in [2.45, 2.75) is 52.2 Å². The summed E-state index contributed by atoms with van der Waals surface area (Å²) in [5, 5.41) is 14.9. The third-order valence-corrected chi connectivity index (χ3v) is 7.34. The zero-order chi connectivity index (χ0) is 28.0. The topological polar surface area (TPSA) is 90.1 Å². The summed E-state index contributed by atoms with van der Waals surface area (Å²) in [5.74, 6) is 0.924. The molecule has 0 saturated carbocycles. The minimum Gasteiger partial charge on any atom is -0.444 e. The highest BCUT2D eigenvalue weighted by Crippen LogP contribution is 2.35. The predicted octanol–water partition coefficient (Wildman–Crippen LogP) is 5.78. The fourth-order valence-corrected chi connectivity index (χ4v) is 5.51. The molecule has 1 aliphatic rings. The van der Waals surface area contributed by atoms with E-state index in [2.05, 4.69) is 58.6 Å². The van der Waals surface area contributed by atoms with Crippen LogP contribution in [0.25, 0.3) is 38.8 Å². The second-order valence-corrected chi connectivity index (χ2v) is 11.6. The standard InChI is InChI=1S/C31H35N7O2/c1-20-8-6-10-24-28(23-9-7-11-26-25(23)19-36(5)34-26)35-38(29(20)24)22-12-13-27(32-18-22)37-16-14-21(15-17-37)33-30(39)40-31(2,3)4/h6-13,18-19,21H,14-17H2,1-5H3,(H,33,39). The fraction of sp³-hybridized carbons (Fsp3) is 0.355. The van der Waals surface area contributed by atoms with Crippen LogP contribution in [0.2, 0.25) is 0 Å². The van der Waals surface area contributed by atoms with E-state index < -0.39 is 5.60 Å². The van der Waals surface area contributed by atoms with Gasteiger partial charge in [-0.15, -0.1) is 0 Å². The van der Waals surface area contributed by atoms with E-state index in [1.54, 1.807) is 0 Å². The van der Waals surface area contributed by atoms with Crippen molar-refractivity contribution in [3.63, 3.8) is 0 Å². The average Bonchev–Trinajstić information content (AvgIpc) is 3.49. The number of alkyl carbamates (subject to hydrolysis) is 1. The number of benzene rings is 2. The number of nitrogens with zero attached hydrogens (tertiary/aromatic N) is 6. The molecule has 9 heteroatoms. The summed E-state index contributed by atoms with van der Waals surface area (Å²) in [4.78, 5) is 19.2. The first kappa shape index (κ1) is 25.9. The van der Waals surface area contributed by atoms with Gasteiger partial charge < -0.3 is 15.0 Å². The van der Waals surface area contributed by atoms with Crippen molar-refractivity contribution in [3.05, 3.63) is 66.5 Å². The van der Waals surface area contributed by atoms with E-state index in [1.165, 1.54) is 0 Å². The van der Waals surface area contributed by atoms with Gasteiger partial charge in [0.15, 0.2) is 0 Å². The van der Waals surface area contributed by atoms with E-state index in [4.69, 9.17) is 14.8 Å². The molecule has 1 N–H and O–H groups in total. The Hall–Kier alpha value is -4.40. The van der Waals surface area contributed by atoms with E-state index in [0.717, 1.165) is 76.1 Å². The van der Waals surface area contributed by atoms with E-state index in [0.29, 0.717) is 0 Å². The molecule has 9 nitrogen and oxygen atoms in total. The lowest BCUT2D eigenvalue weighted by Crippen LogP contribution is -2.46. The molecular formula is C31H35N7O2. The molecule has 0 atom stereocenters. The number of carbonyl (C=O) groups is 1. The molecule has 4 heterocycles. The van der Waals surface area contributed by atoms with Gasteiger partial charge in [0.1, 0.15) is 17.1 Å². The summed E-state index contributed by atoms with van der Waals surface area (Å²) < 4.78 is 9.26. The molecule has 5 aromatic rings. The van der Waals surface area contributed by atoms with Gasteiger partial charge in [0.05, 0.1) is 22.9 Å². The number of anilines is 1. The number of carbonyl (C=O) groups excluding carboxylic acids is 1. The van der Waals surface area contributed by atoms with Gasteiger partial charge in [-0.2, -0.15) is 10.2 Å². The largest absolute Gasteiger partial charge is 0.444 e. The first-order chi connectivity index (χ1) is 19.2. The van der Waals surface area contributed by atoms with Crippen molar-refractivity contribution >= 4 is 33.7 Å². The van der Waals surface area contributed by atoms with Crippen LogP contribution in [-0.2, 0) is 11.8 Å². The maximum Gasteiger partial charge on any atom is 0.407 e. The Bertz CT molecular complexity index is 1690. The molecule has 0 unspecified atom stereocenters. The van der Waals surface area contributed by atoms with Gasteiger partial charge in [-0.05, 0) is 64.3 Å². The van der Waals surface area contributed by atoms with Crippen LogP contribution in [0.15, 0.2) is 60.9 Å². The lowest BCUT2D eigenvalue weighted by atomic mass is 10.0. The highest BCUT2D eigenvalue weighted by atomic mass is 16.6. The van der Waals surface area contributed by atoms with Crippen LogP contribution in [0, 0.1) is 6.92 Å². The average molecular weight is 538 g/mol. The van der Waals surface area contributed by atoms with Crippen molar-refractivity contribution < 1.29 is 9.53 Å². The molecule has 0 aliphatic carbocycles. The normalized spacial score (nSPS) is 14.7. The first-order valence-electron chi connectivity index (χ1n) is 13.8. The fourth-order valence-electron chi connectivity index (χ4n) is 5.51. The van der Waals surface area contributed by atoms with Crippen LogP contribution in [-0.4, -0.2) is 55.4 Å². The van der Waals surface area contributed by atoms with Crippen LogP contribution in [0.4, 0.5) is 10.6 Å². The summed E-state index contributed by atoms with van der Waals surface area (Å²) in [6.07, 6.45) is 5.28. The second-order valence-electron chi connectivity index (χ2n) is 11.6. The Morgan fingerprint density at radius 2 is 1.77 bits per heavy atom. The Balaban J connectivity index is 1.25. The summed E-state index contributed by atoms with van der Waals surface area (Å²) >= 11 is 0. The van der Waals surface area contributed by atoms with Crippen LogP contribution >= 0.6 is 0 Å². The molecule has 1 amide bonds. The minimum absolute atomic E-state index is 0.103. The zero-order valence-electron chi connectivity index (χ0n) is 23.7. The van der Waals surface area contributed by atoms with E-state index in [9.17, 15) is 4.79 Å². The minimum atomic E-state index is -0.498. The maximum absolute atomic E-state index is 12.2. The SMILES string of the molecule is Cc1cccc2c(-c3cccc4nn(C)cc34)nn(-c3ccc(N4CCC(NC(=O)OC(C)(C)C)CC4)nc3)c12. The number of pyridine rings is 1. The molecule has 40 heavy (non-hydrogen) atoms. The number of nitrogens with one attached hydrogen (secondary N) is 1. The van der Waals surface area contributed by atoms with Crippen molar-refractivity contribution in [2.75, 3.05) is 18.0 Å². The summed E-state index contributed by atoms with van der Waals surface area (Å²) in [6, 6.07) is 16.8. The van der Waals surface area contributed by atoms with Crippen molar-refractivity contribution in [1.82, 2.24) is 29.9 Å². The van der Waals surface area contributed by atoms with Crippen molar-refractivity contribution in [3.8, 4) is 16.9 Å². The number of amides is 1. The van der Waals surface area contributed by atoms with Crippen LogP contribution < -0.4 is 10.2 Å². The maximum atomic E-state index is 12.2. The Labute approximate surface area is 233 Å². The monoisotopic (exact) mass is 537 g/mol. The second kappa shape index (κ2) is 9.97.